The van der Waals surface area contributed by atoms with Gasteiger partial charge in [-0.05, 0) is 24.5 Å². The zero-order chi connectivity index (χ0) is 21.9. The van der Waals surface area contributed by atoms with Crippen LogP contribution < -0.4 is 9.47 Å². The van der Waals surface area contributed by atoms with Gasteiger partial charge in [-0.15, -0.1) is 4.91 Å². The van der Waals surface area contributed by atoms with Crippen molar-refractivity contribution in [3.05, 3.63) is 28.7 Å². The molecule has 0 aliphatic heterocycles. The van der Waals surface area contributed by atoms with Gasteiger partial charge in [0.15, 0.2) is 0 Å². The minimum atomic E-state index is -0.488. The van der Waals surface area contributed by atoms with Crippen molar-refractivity contribution in [2.24, 2.45) is 17.0 Å². The van der Waals surface area contributed by atoms with E-state index in [4.69, 9.17) is 9.47 Å². The smallest absolute Gasteiger partial charge is 0.293 e. The van der Waals surface area contributed by atoms with Crippen molar-refractivity contribution < 1.29 is 23.8 Å². The standard InChI is InChI=1S/C10H12O4.C9H17NO2.C2H6/c1-12-9-4-3-8(6-14-7-11)10(5-9)13-2;1-4-6-7(3)8(5-2)9(11)10-12;1-2/h3-5,7H,6H2,1-2H3;7-8H,4-6H2,1-3H3;1-2H3. The van der Waals surface area contributed by atoms with Crippen LogP contribution >= 0.6 is 0 Å². The van der Waals surface area contributed by atoms with Crippen LogP contribution in [0.2, 0.25) is 0 Å². The van der Waals surface area contributed by atoms with Gasteiger partial charge >= 0.3 is 0 Å². The zero-order valence-electron chi connectivity index (χ0n) is 18.2. The van der Waals surface area contributed by atoms with Crippen molar-refractivity contribution in [1.29, 1.82) is 0 Å². The maximum atomic E-state index is 11.0. The number of nitrogens with zero attached hydrogens (tertiary/aromatic N) is 1. The lowest BCUT2D eigenvalue weighted by Gasteiger charge is -2.16. The third kappa shape index (κ3) is 10.6. The molecular formula is C21H35NO6. The van der Waals surface area contributed by atoms with Crippen LogP contribution in [0.4, 0.5) is 0 Å². The fraction of sp³-hybridized carbons (Fsp3) is 0.619. The molecule has 0 radical (unpaired) electrons. The second-order valence-electron chi connectivity index (χ2n) is 5.80. The highest BCUT2D eigenvalue weighted by Crippen LogP contribution is 2.25. The molecule has 0 saturated heterocycles. The third-order valence-corrected chi connectivity index (χ3v) is 4.08. The van der Waals surface area contributed by atoms with E-state index in [2.05, 4.69) is 16.8 Å². The highest BCUT2D eigenvalue weighted by Gasteiger charge is 2.22. The Hall–Kier alpha value is -2.44. The molecule has 1 amide bonds. The van der Waals surface area contributed by atoms with Crippen molar-refractivity contribution in [2.75, 3.05) is 14.2 Å². The molecule has 28 heavy (non-hydrogen) atoms. The van der Waals surface area contributed by atoms with Crippen LogP contribution in [0.5, 0.6) is 11.5 Å². The van der Waals surface area contributed by atoms with E-state index < -0.39 is 5.91 Å². The fourth-order valence-corrected chi connectivity index (χ4v) is 2.64. The number of ether oxygens (including phenoxy) is 3. The predicted octanol–water partition coefficient (Wildman–Crippen LogP) is 5.14. The molecule has 1 rings (SSSR count). The molecule has 0 bridgehead atoms. The predicted molar refractivity (Wildman–Crippen MR) is 110 cm³/mol. The normalized spacial score (nSPS) is 11.4. The molecule has 2 unspecified atom stereocenters. The first-order valence-corrected chi connectivity index (χ1v) is 9.62. The number of benzene rings is 1. The summed E-state index contributed by atoms with van der Waals surface area (Å²) >= 11 is 0. The number of nitroso groups, excluding NO2 is 1. The molecule has 0 heterocycles. The van der Waals surface area contributed by atoms with Crippen LogP contribution in [-0.2, 0) is 20.9 Å². The third-order valence-electron chi connectivity index (χ3n) is 4.08. The first kappa shape index (κ1) is 27.8. The molecule has 2 atom stereocenters. The van der Waals surface area contributed by atoms with Crippen molar-refractivity contribution in [3.8, 4) is 11.5 Å². The van der Waals surface area contributed by atoms with Crippen LogP contribution in [0.3, 0.4) is 0 Å². The molecule has 7 nitrogen and oxygen atoms in total. The summed E-state index contributed by atoms with van der Waals surface area (Å²) in [5.41, 5.74) is 0.806. The van der Waals surface area contributed by atoms with E-state index in [1.165, 1.54) is 0 Å². The molecule has 0 aliphatic rings. The number of hydrogen-bond donors (Lipinski definition) is 0. The number of carbonyl (C=O) groups excluding carboxylic acids is 2. The maximum Gasteiger partial charge on any atom is 0.293 e. The molecule has 0 fully saturated rings. The Morgan fingerprint density at radius 1 is 1.18 bits per heavy atom. The Kier molecular flexibility index (Phi) is 17.8. The van der Waals surface area contributed by atoms with Gasteiger partial charge in [-0.1, -0.05) is 47.5 Å². The van der Waals surface area contributed by atoms with Crippen molar-refractivity contribution in [2.45, 2.75) is 60.5 Å². The Labute approximate surface area is 168 Å². The van der Waals surface area contributed by atoms with Crippen LogP contribution in [0.1, 0.15) is 59.4 Å². The largest absolute Gasteiger partial charge is 0.497 e. The summed E-state index contributed by atoms with van der Waals surface area (Å²) in [4.78, 5) is 31.0. The SMILES string of the molecule is CC.CCCC(C)C(CC)C(=O)N=O.COc1ccc(COC=O)c(OC)c1. The Balaban J connectivity index is 0. The van der Waals surface area contributed by atoms with Gasteiger partial charge in [0.2, 0.25) is 0 Å². The van der Waals surface area contributed by atoms with Gasteiger partial charge < -0.3 is 14.2 Å². The zero-order valence-corrected chi connectivity index (χ0v) is 18.2. The summed E-state index contributed by atoms with van der Waals surface area (Å²) in [5, 5.41) is 2.47. The van der Waals surface area contributed by atoms with Gasteiger partial charge in [-0.25, -0.2) is 0 Å². The molecule has 7 heteroatoms. The Bertz CT molecular complexity index is 562. The maximum absolute atomic E-state index is 11.0. The topological polar surface area (TPSA) is 91.3 Å². The molecule has 0 saturated carbocycles. The molecule has 160 valence electrons. The van der Waals surface area contributed by atoms with Gasteiger partial charge in [0, 0.05) is 22.7 Å². The first-order valence-electron chi connectivity index (χ1n) is 9.62. The van der Waals surface area contributed by atoms with E-state index in [9.17, 15) is 14.5 Å². The van der Waals surface area contributed by atoms with Gasteiger partial charge in [0.25, 0.3) is 12.4 Å². The minimum Gasteiger partial charge on any atom is -0.497 e. The van der Waals surface area contributed by atoms with E-state index in [0.29, 0.717) is 24.4 Å². The van der Waals surface area contributed by atoms with Crippen molar-refractivity contribution in [3.63, 3.8) is 0 Å². The summed E-state index contributed by atoms with van der Waals surface area (Å²) in [5.74, 6) is 0.981. The summed E-state index contributed by atoms with van der Waals surface area (Å²) in [6.45, 7) is 10.6. The molecule has 0 aliphatic carbocycles. The molecule has 0 N–H and O–H groups in total. The highest BCUT2D eigenvalue weighted by molar-refractivity contribution is 5.79. The van der Waals surface area contributed by atoms with Gasteiger partial charge in [0.05, 0.1) is 14.2 Å². The molecule has 0 aromatic heterocycles. The van der Waals surface area contributed by atoms with E-state index >= 15 is 0 Å². The molecule has 1 aromatic carbocycles. The monoisotopic (exact) mass is 397 g/mol. The highest BCUT2D eigenvalue weighted by atomic mass is 16.5. The van der Waals surface area contributed by atoms with E-state index in [-0.39, 0.29) is 18.4 Å². The van der Waals surface area contributed by atoms with Crippen LogP contribution in [0.25, 0.3) is 0 Å². The summed E-state index contributed by atoms with van der Waals surface area (Å²) in [6.07, 6.45) is 2.75. The molecule has 0 spiro atoms. The van der Waals surface area contributed by atoms with Crippen molar-refractivity contribution in [1.82, 2.24) is 0 Å². The second-order valence-corrected chi connectivity index (χ2v) is 5.80. The van der Waals surface area contributed by atoms with Crippen LogP contribution in [0, 0.1) is 16.7 Å². The number of methoxy groups -OCH3 is 2. The van der Waals surface area contributed by atoms with Gasteiger partial charge in [0.1, 0.15) is 18.1 Å². The average molecular weight is 398 g/mol. The number of carbonyl (C=O) groups is 2. The van der Waals surface area contributed by atoms with Crippen molar-refractivity contribution >= 4 is 12.4 Å². The number of rotatable bonds is 10. The lowest BCUT2D eigenvalue weighted by molar-refractivity contribution is -0.129. The first-order chi connectivity index (χ1) is 13.5. The lowest BCUT2D eigenvalue weighted by atomic mass is 9.88. The Morgan fingerprint density at radius 3 is 2.25 bits per heavy atom. The average Bonchev–Trinajstić information content (AvgIpc) is 2.74. The Morgan fingerprint density at radius 2 is 1.82 bits per heavy atom. The number of hydrogen-bond acceptors (Lipinski definition) is 6. The van der Waals surface area contributed by atoms with E-state index in [1.807, 2.05) is 27.7 Å². The summed E-state index contributed by atoms with van der Waals surface area (Å²) in [6, 6.07) is 5.32. The second kappa shape index (κ2) is 17.9. The van der Waals surface area contributed by atoms with E-state index in [0.717, 1.165) is 18.4 Å². The summed E-state index contributed by atoms with van der Waals surface area (Å²) in [7, 11) is 3.13. The lowest BCUT2D eigenvalue weighted by Crippen LogP contribution is -2.19. The molecular weight excluding hydrogens is 362 g/mol. The van der Waals surface area contributed by atoms with Gasteiger partial charge in [-0.2, -0.15) is 0 Å². The van der Waals surface area contributed by atoms with Crippen LogP contribution in [0.15, 0.2) is 23.4 Å². The minimum absolute atomic E-state index is 0.164. The number of amides is 1. The van der Waals surface area contributed by atoms with Crippen LogP contribution in [-0.4, -0.2) is 26.6 Å². The van der Waals surface area contributed by atoms with E-state index in [1.54, 1.807) is 32.4 Å². The summed E-state index contributed by atoms with van der Waals surface area (Å²) < 4.78 is 14.8. The quantitative estimate of drug-likeness (QED) is 0.401. The fourth-order valence-electron chi connectivity index (χ4n) is 2.64. The molecule has 1 aromatic rings. The van der Waals surface area contributed by atoms with Gasteiger partial charge in [-0.3, -0.25) is 9.59 Å².